The highest BCUT2D eigenvalue weighted by Gasteiger charge is 2.74. The van der Waals surface area contributed by atoms with E-state index in [4.69, 9.17) is 9.47 Å². The Morgan fingerprint density at radius 1 is 0.833 bits per heavy atom. The van der Waals surface area contributed by atoms with Gasteiger partial charge in [-0.2, -0.15) is 0 Å². The molecule has 0 aromatic rings. The van der Waals surface area contributed by atoms with Crippen LogP contribution in [-0.2, 0) is 14.3 Å². The van der Waals surface area contributed by atoms with Gasteiger partial charge in [-0.1, -0.05) is 6.92 Å². The molecule has 1 saturated heterocycles. The number of esters is 1. The van der Waals surface area contributed by atoms with E-state index in [2.05, 4.69) is 6.92 Å². The van der Waals surface area contributed by atoms with Crippen molar-refractivity contribution in [1.29, 1.82) is 0 Å². The average molecular weight is 409 g/mol. The smallest absolute Gasteiger partial charge is 0.309 e. The predicted molar refractivity (Wildman–Crippen MR) is 110 cm³/mol. The number of hydrogen-bond donors (Lipinski definition) is 0. The fourth-order valence-corrected chi connectivity index (χ4v) is 12.7. The Morgan fingerprint density at radius 2 is 1.63 bits per heavy atom. The monoisotopic (exact) mass is 408 g/mol. The lowest BCUT2D eigenvalue weighted by Gasteiger charge is -2.46. The summed E-state index contributed by atoms with van der Waals surface area (Å²) in [6.07, 6.45) is 13.1. The largest absolute Gasteiger partial charge is 0.459 e. The minimum atomic E-state index is -0.103. The highest BCUT2D eigenvalue weighted by Crippen LogP contribution is 2.74. The second-order valence-corrected chi connectivity index (χ2v) is 13.4. The Hall–Kier alpha value is -0.570. The summed E-state index contributed by atoms with van der Waals surface area (Å²) in [6.45, 7) is 2.31. The van der Waals surface area contributed by atoms with Gasteiger partial charge in [-0.15, -0.1) is 0 Å². The first kappa shape index (κ1) is 17.0. The Balaban J connectivity index is 0.981. The van der Waals surface area contributed by atoms with Crippen LogP contribution in [0.5, 0.6) is 0 Å². The van der Waals surface area contributed by atoms with Gasteiger partial charge in [-0.25, -0.2) is 0 Å². The molecule has 162 valence electrons. The molecule has 0 spiro atoms. The van der Waals surface area contributed by atoms with Crippen LogP contribution in [0.15, 0.2) is 0 Å². The first-order valence-electron chi connectivity index (χ1n) is 13.5. The van der Waals surface area contributed by atoms with E-state index in [0.29, 0.717) is 24.0 Å². The maximum absolute atomic E-state index is 13.7. The molecule has 3 heteroatoms. The van der Waals surface area contributed by atoms with Crippen LogP contribution in [0.25, 0.3) is 0 Å². The van der Waals surface area contributed by atoms with Gasteiger partial charge in [0.1, 0.15) is 5.60 Å². The lowest BCUT2D eigenvalue weighted by Crippen LogP contribution is -2.49. The second kappa shape index (κ2) is 5.15. The molecule has 1 heterocycles. The van der Waals surface area contributed by atoms with Gasteiger partial charge in [0.2, 0.25) is 0 Å². The van der Waals surface area contributed by atoms with Crippen molar-refractivity contribution >= 4 is 5.97 Å². The first-order valence-corrected chi connectivity index (χ1v) is 13.5. The Kier molecular flexibility index (Phi) is 2.92. The van der Waals surface area contributed by atoms with Crippen molar-refractivity contribution in [2.24, 2.45) is 76.9 Å². The molecule has 8 bridgehead atoms. The zero-order valence-electron chi connectivity index (χ0n) is 18.2. The number of fused-ring (bicyclic) bond motifs is 21. The van der Waals surface area contributed by atoms with E-state index >= 15 is 0 Å². The molecule has 8 saturated carbocycles. The van der Waals surface area contributed by atoms with E-state index in [-0.39, 0.29) is 17.5 Å². The SMILES string of the molecule is CCC1(OC(=O)C2CC3CC2C2C4CC(C5OC45)C32)CC2CC1C1C3CCC(C3)C21. The molecule has 1 aliphatic heterocycles. The van der Waals surface area contributed by atoms with Gasteiger partial charge in [0.05, 0.1) is 18.1 Å². The molecular formula is C27H36O3. The van der Waals surface area contributed by atoms with Crippen molar-refractivity contribution in [3.05, 3.63) is 0 Å². The number of hydrogen-bond acceptors (Lipinski definition) is 3. The molecule has 9 rings (SSSR count). The highest BCUT2D eigenvalue weighted by atomic mass is 16.6. The summed E-state index contributed by atoms with van der Waals surface area (Å²) >= 11 is 0. The Bertz CT molecular complexity index is 838. The van der Waals surface area contributed by atoms with Crippen molar-refractivity contribution < 1.29 is 14.3 Å². The molecule has 0 aromatic carbocycles. The van der Waals surface area contributed by atoms with E-state index < -0.39 is 0 Å². The van der Waals surface area contributed by atoms with E-state index in [1.807, 2.05) is 0 Å². The molecule has 30 heavy (non-hydrogen) atoms. The highest BCUT2D eigenvalue weighted by molar-refractivity contribution is 5.74. The molecule has 0 radical (unpaired) electrons. The number of ether oxygens (including phenoxy) is 2. The second-order valence-electron chi connectivity index (χ2n) is 13.4. The summed E-state index contributed by atoms with van der Waals surface area (Å²) in [6, 6.07) is 0. The Morgan fingerprint density at radius 3 is 2.47 bits per heavy atom. The van der Waals surface area contributed by atoms with Crippen LogP contribution in [0.1, 0.15) is 64.7 Å². The van der Waals surface area contributed by atoms with Crippen LogP contribution >= 0.6 is 0 Å². The van der Waals surface area contributed by atoms with Crippen LogP contribution in [0, 0.1) is 76.9 Å². The predicted octanol–water partition coefficient (Wildman–Crippen LogP) is 4.69. The van der Waals surface area contributed by atoms with Crippen molar-refractivity contribution in [1.82, 2.24) is 0 Å². The van der Waals surface area contributed by atoms with Gasteiger partial charge in [-0.3, -0.25) is 4.79 Å². The van der Waals surface area contributed by atoms with Gasteiger partial charge in [0.25, 0.3) is 0 Å². The normalized spacial score (nSPS) is 69.0. The van der Waals surface area contributed by atoms with Gasteiger partial charge in [0, 0.05) is 5.92 Å². The molecule has 9 aliphatic rings. The van der Waals surface area contributed by atoms with E-state index in [0.717, 1.165) is 72.0 Å². The molecular weight excluding hydrogens is 372 g/mol. The number of carbonyl (C=O) groups is 1. The van der Waals surface area contributed by atoms with Crippen molar-refractivity contribution in [2.75, 3.05) is 0 Å². The summed E-state index contributed by atoms with van der Waals surface area (Å²) < 4.78 is 12.7. The number of rotatable bonds is 3. The zero-order chi connectivity index (χ0) is 19.5. The fraction of sp³-hybridized carbons (Fsp3) is 0.963. The quantitative estimate of drug-likeness (QED) is 0.386. The fourth-order valence-electron chi connectivity index (χ4n) is 12.7. The lowest BCUT2D eigenvalue weighted by atomic mass is 9.64. The van der Waals surface area contributed by atoms with Crippen molar-refractivity contribution in [3.8, 4) is 0 Å². The third kappa shape index (κ3) is 1.72. The van der Waals surface area contributed by atoms with Gasteiger partial charge >= 0.3 is 5.97 Å². The molecule has 16 atom stereocenters. The molecule has 0 aromatic heterocycles. The van der Waals surface area contributed by atoms with Gasteiger partial charge in [0.15, 0.2) is 0 Å². The molecule has 0 N–H and O–H groups in total. The maximum Gasteiger partial charge on any atom is 0.309 e. The van der Waals surface area contributed by atoms with Crippen molar-refractivity contribution in [3.63, 3.8) is 0 Å². The molecule has 3 nitrogen and oxygen atoms in total. The van der Waals surface area contributed by atoms with Crippen LogP contribution in [0.3, 0.4) is 0 Å². The van der Waals surface area contributed by atoms with Crippen LogP contribution in [0.4, 0.5) is 0 Å². The maximum atomic E-state index is 13.7. The topological polar surface area (TPSA) is 38.8 Å². The average Bonchev–Trinajstić information content (AvgIpc) is 3.47. The number of carbonyl (C=O) groups excluding carboxylic acids is 1. The molecule has 16 unspecified atom stereocenters. The minimum absolute atomic E-state index is 0.103. The van der Waals surface area contributed by atoms with Crippen molar-refractivity contribution in [2.45, 2.75) is 82.5 Å². The third-order valence-corrected chi connectivity index (χ3v) is 13.2. The molecule has 9 fully saturated rings. The number of epoxide rings is 1. The lowest BCUT2D eigenvalue weighted by molar-refractivity contribution is -0.180. The molecule has 8 aliphatic carbocycles. The third-order valence-electron chi connectivity index (χ3n) is 13.2. The summed E-state index contributed by atoms with van der Waals surface area (Å²) in [4.78, 5) is 13.7. The standard InChI is InChI=1S/C27H36O3/c1-2-27(10-14-8-19(27)22-12-4-3-11(5-12)20(14)22)30-26(28)16-7-13-6-15(16)23-18-9-17(21(13)23)24-25(18)29-24/h11-25H,2-10H2,1H3. The summed E-state index contributed by atoms with van der Waals surface area (Å²) in [7, 11) is 0. The van der Waals surface area contributed by atoms with Gasteiger partial charge < -0.3 is 9.47 Å². The van der Waals surface area contributed by atoms with E-state index in [9.17, 15) is 4.79 Å². The van der Waals surface area contributed by atoms with E-state index in [1.165, 1.54) is 44.9 Å². The summed E-state index contributed by atoms with van der Waals surface area (Å²) in [5, 5.41) is 0. The molecule has 0 amide bonds. The van der Waals surface area contributed by atoms with Gasteiger partial charge in [-0.05, 0) is 123 Å². The van der Waals surface area contributed by atoms with Crippen LogP contribution in [0.2, 0.25) is 0 Å². The first-order chi connectivity index (χ1) is 14.7. The van der Waals surface area contributed by atoms with Crippen LogP contribution < -0.4 is 0 Å². The summed E-state index contributed by atoms with van der Waals surface area (Å²) in [5.41, 5.74) is -0.103. The minimum Gasteiger partial charge on any atom is -0.459 e. The zero-order valence-corrected chi connectivity index (χ0v) is 18.2. The Labute approximate surface area is 180 Å². The van der Waals surface area contributed by atoms with Crippen LogP contribution in [-0.4, -0.2) is 23.8 Å². The van der Waals surface area contributed by atoms with E-state index in [1.54, 1.807) is 0 Å². The summed E-state index contributed by atoms with van der Waals surface area (Å²) in [5.74, 6) is 10.6.